The number of hydrogen-bond acceptors (Lipinski definition) is 4. The molecule has 2 aliphatic rings. The van der Waals surface area contributed by atoms with Crippen molar-refractivity contribution in [1.82, 2.24) is 14.8 Å². The second-order valence-corrected chi connectivity index (χ2v) is 7.23. The lowest BCUT2D eigenvalue weighted by atomic mass is 9.88. The monoisotopic (exact) mass is 364 g/mol. The van der Waals surface area contributed by atoms with Gasteiger partial charge in [-0.2, -0.15) is 0 Å². The molecule has 0 N–H and O–H groups in total. The van der Waals surface area contributed by atoms with Crippen molar-refractivity contribution in [3.05, 3.63) is 59.9 Å². The van der Waals surface area contributed by atoms with Crippen LogP contribution < -0.4 is 4.90 Å². The van der Waals surface area contributed by atoms with E-state index in [1.165, 1.54) is 5.56 Å². The molecule has 1 aromatic carbocycles. The minimum absolute atomic E-state index is 0.00312. The Kier molecular flexibility index (Phi) is 4.90. The Hall–Kier alpha value is -2.73. The molecule has 0 spiro atoms. The molecule has 4 rings (SSSR count). The highest BCUT2D eigenvalue weighted by atomic mass is 16.2. The molecule has 2 amide bonds. The van der Waals surface area contributed by atoms with E-state index in [0.717, 1.165) is 30.9 Å². The molecule has 3 heterocycles. The van der Waals surface area contributed by atoms with Crippen LogP contribution in [0.4, 0.5) is 5.69 Å². The van der Waals surface area contributed by atoms with E-state index in [9.17, 15) is 9.59 Å². The van der Waals surface area contributed by atoms with Gasteiger partial charge in [-0.15, -0.1) is 0 Å². The number of amides is 2. The number of piperazine rings is 1. The van der Waals surface area contributed by atoms with Crippen LogP contribution >= 0.6 is 0 Å². The third kappa shape index (κ3) is 3.57. The first-order valence-corrected chi connectivity index (χ1v) is 9.39. The van der Waals surface area contributed by atoms with E-state index in [2.05, 4.69) is 9.88 Å². The maximum absolute atomic E-state index is 13.2. The predicted molar refractivity (Wildman–Crippen MR) is 103 cm³/mol. The van der Waals surface area contributed by atoms with Gasteiger partial charge in [-0.25, -0.2) is 0 Å². The Balaban J connectivity index is 1.42. The van der Waals surface area contributed by atoms with Crippen molar-refractivity contribution < 1.29 is 9.59 Å². The molecule has 1 aromatic heterocycles. The molecule has 140 valence electrons. The van der Waals surface area contributed by atoms with Crippen LogP contribution in [0.25, 0.3) is 0 Å². The van der Waals surface area contributed by atoms with E-state index in [-0.39, 0.29) is 24.2 Å². The highest BCUT2D eigenvalue weighted by Gasteiger charge is 2.36. The standard InChI is InChI=1S/C21H24N4O2/c1-23-19-5-3-2-4-17(19)18(14-20(23)26)21(27)25-12-10-24(11-13-25)15-16-6-8-22-9-7-16/h2-9,18H,10-15H2,1H3. The molecule has 2 aliphatic heterocycles. The van der Waals surface area contributed by atoms with Gasteiger partial charge in [0.2, 0.25) is 11.8 Å². The van der Waals surface area contributed by atoms with Gasteiger partial charge in [-0.1, -0.05) is 18.2 Å². The van der Waals surface area contributed by atoms with Crippen LogP contribution in [-0.2, 0) is 16.1 Å². The number of carbonyl (C=O) groups excluding carboxylic acids is 2. The van der Waals surface area contributed by atoms with Gasteiger partial charge in [-0.05, 0) is 29.3 Å². The number of benzene rings is 1. The molecule has 27 heavy (non-hydrogen) atoms. The van der Waals surface area contributed by atoms with Crippen molar-refractivity contribution in [2.45, 2.75) is 18.9 Å². The number of fused-ring (bicyclic) bond motifs is 1. The number of rotatable bonds is 3. The maximum Gasteiger partial charge on any atom is 0.230 e. The molecule has 0 saturated carbocycles. The number of hydrogen-bond donors (Lipinski definition) is 0. The van der Waals surface area contributed by atoms with Gasteiger partial charge in [0.25, 0.3) is 0 Å². The number of para-hydroxylation sites is 1. The van der Waals surface area contributed by atoms with E-state index >= 15 is 0 Å². The van der Waals surface area contributed by atoms with Gasteiger partial charge < -0.3 is 9.80 Å². The minimum atomic E-state index is -0.364. The normalized spacial score (nSPS) is 20.5. The molecular weight excluding hydrogens is 340 g/mol. The molecule has 6 heteroatoms. The van der Waals surface area contributed by atoms with Crippen molar-refractivity contribution in [3.63, 3.8) is 0 Å². The average Bonchev–Trinajstić information content (AvgIpc) is 2.71. The van der Waals surface area contributed by atoms with Crippen LogP contribution in [0.15, 0.2) is 48.8 Å². The van der Waals surface area contributed by atoms with E-state index in [0.29, 0.717) is 13.1 Å². The third-order valence-corrected chi connectivity index (χ3v) is 5.56. The molecule has 0 aliphatic carbocycles. The Morgan fingerprint density at radius 2 is 1.78 bits per heavy atom. The highest BCUT2D eigenvalue weighted by Crippen LogP contribution is 2.36. The topological polar surface area (TPSA) is 56.8 Å². The zero-order valence-corrected chi connectivity index (χ0v) is 15.5. The van der Waals surface area contributed by atoms with Crippen LogP contribution in [-0.4, -0.2) is 59.8 Å². The minimum Gasteiger partial charge on any atom is -0.340 e. The fraction of sp³-hybridized carbons (Fsp3) is 0.381. The summed E-state index contributed by atoms with van der Waals surface area (Å²) < 4.78 is 0. The molecule has 2 aromatic rings. The van der Waals surface area contributed by atoms with Crippen molar-refractivity contribution in [2.24, 2.45) is 0 Å². The summed E-state index contributed by atoms with van der Waals surface area (Å²) in [5.74, 6) is -0.285. The first-order chi connectivity index (χ1) is 13.1. The van der Waals surface area contributed by atoms with Crippen molar-refractivity contribution >= 4 is 17.5 Å². The molecular formula is C21H24N4O2. The first-order valence-electron chi connectivity index (χ1n) is 9.39. The van der Waals surface area contributed by atoms with Crippen LogP contribution in [0.5, 0.6) is 0 Å². The molecule has 0 radical (unpaired) electrons. The van der Waals surface area contributed by atoms with Gasteiger partial charge in [0.05, 0.1) is 5.92 Å². The summed E-state index contributed by atoms with van der Waals surface area (Å²) in [6, 6.07) is 11.8. The average molecular weight is 364 g/mol. The number of nitrogens with zero attached hydrogens (tertiary/aromatic N) is 4. The van der Waals surface area contributed by atoms with E-state index < -0.39 is 0 Å². The second kappa shape index (κ2) is 7.48. The summed E-state index contributed by atoms with van der Waals surface area (Å²) in [7, 11) is 1.78. The van der Waals surface area contributed by atoms with Gasteiger partial charge in [0.15, 0.2) is 0 Å². The van der Waals surface area contributed by atoms with Crippen molar-refractivity contribution in [1.29, 1.82) is 0 Å². The van der Waals surface area contributed by atoms with Crippen LogP contribution in [0.3, 0.4) is 0 Å². The fourth-order valence-electron chi connectivity index (χ4n) is 3.96. The summed E-state index contributed by atoms with van der Waals surface area (Å²) in [6.45, 7) is 3.96. The van der Waals surface area contributed by atoms with Gasteiger partial charge in [0.1, 0.15) is 0 Å². The largest absolute Gasteiger partial charge is 0.340 e. The zero-order chi connectivity index (χ0) is 18.8. The highest BCUT2D eigenvalue weighted by molar-refractivity contribution is 6.02. The molecule has 1 atom stereocenters. The lowest BCUT2D eigenvalue weighted by Gasteiger charge is -2.38. The molecule has 1 unspecified atom stereocenters. The smallest absolute Gasteiger partial charge is 0.230 e. The van der Waals surface area contributed by atoms with Gasteiger partial charge in [-0.3, -0.25) is 19.5 Å². The number of pyridine rings is 1. The van der Waals surface area contributed by atoms with E-state index in [4.69, 9.17) is 0 Å². The summed E-state index contributed by atoms with van der Waals surface area (Å²) >= 11 is 0. The quantitative estimate of drug-likeness (QED) is 0.834. The SMILES string of the molecule is CN1C(=O)CC(C(=O)N2CCN(Cc3ccncc3)CC2)c2ccccc21. The Morgan fingerprint density at radius 1 is 1.07 bits per heavy atom. The van der Waals surface area contributed by atoms with Crippen molar-refractivity contribution in [2.75, 3.05) is 38.1 Å². The lowest BCUT2D eigenvalue weighted by Crippen LogP contribution is -2.50. The van der Waals surface area contributed by atoms with E-state index in [1.54, 1.807) is 11.9 Å². The zero-order valence-electron chi connectivity index (χ0n) is 15.5. The van der Waals surface area contributed by atoms with Gasteiger partial charge >= 0.3 is 0 Å². The third-order valence-electron chi connectivity index (χ3n) is 5.56. The summed E-state index contributed by atoms with van der Waals surface area (Å²) in [4.78, 5) is 35.5. The Morgan fingerprint density at radius 3 is 2.52 bits per heavy atom. The molecule has 0 bridgehead atoms. The van der Waals surface area contributed by atoms with Gasteiger partial charge in [0, 0.05) is 64.3 Å². The van der Waals surface area contributed by atoms with Crippen LogP contribution in [0, 0.1) is 0 Å². The van der Waals surface area contributed by atoms with Crippen LogP contribution in [0.2, 0.25) is 0 Å². The first kappa shape index (κ1) is 17.7. The molecule has 1 fully saturated rings. The predicted octanol–water partition coefficient (Wildman–Crippen LogP) is 1.88. The number of carbonyl (C=O) groups is 2. The fourth-order valence-corrected chi connectivity index (χ4v) is 3.96. The molecule has 1 saturated heterocycles. The van der Waals surface area contributed by atoms with Crippen LogP contribution in [0.1, 0.15) is 23.5 Å². The Labute approximate surface area is 159 Å². The second-order valence-electron chi connectivity index (χ2n) is 7.23. The summed E-state index contributed by atoms with van der Waals surface area (Å²) in [5.41, 5.74) is 3.05. The maximum atomic E-state index is 13.2. The summed E-state index contributed by atoms with van der Waals surface area (Å²) in [5, 5.41) is 0. The molecule has 6 nitrogen and oxygen atoms in total. The lowest BCUT2D eigenvalue weighted by molar-refractivity contribution is -0.137. The number of anilines is 1. The number of aromatic nitrogens is 1. The van der Waals surface area contributed by atoms with E-state index in [1.807, 2.05) is 53.7 Å². The summed E-state index contributed by atoms with van der Waals surface area (Å²) in [6.07, 6.45) is 3.87. The Bertz CT molecular complexity index is 831. The van der Waals surface area contributed by atoms with Crippen molar-refractivity contribution in [3.8, 4) is 0 Å².